The maximum atomic E-state index is 12.3. The smallest absolute Gasteiger partial charge is 0.255 e. The molecule has 1 fully saturated rings. The largest absolute Gasteiger partial charge is 0.372 e. The van der Waals surface area contributed by atoms with Gasteiger partial charge in [-0.25, -0.2) is 0 Å². The van der Waals surface area contributed by atoms with Gasteiger partial charge in [0.2, 0.25) is 0 Å². The fraction of sp³-hybridized carbons (Fsp3) is 0.381. The zero-order chi connectivity index (χ0) is 16.9. The quantitative estimate of drug-likeness (QED) is 0.882. The molecule has 0 atom stereocenters. The van der Waals surface area contributed by atoms with Gasteiger partial charge in [0.05, 0.1) is 0 Å². The summed E-state index contributed by atoms with van der Waals surface area (Å²) in [6.45, 7) is 6.68. The molecule has 2 aromatic carbocycles. The zero-order valence-electron chi connectivity index (χ0n) is 14.6. The number of nitrogens with one attached hydrogen (secondary N) is 1. The topological polar surface area (TPSA) is 32.3 Å². The number of nitrogens with zero attached hydrogens (tertiary/aromatic N) is 1. The molecule has 3 nitrogen and oxygen atoms in total. The summed E-state index contributed by atoms with van der Waals surface area (Å²) in [5, 5.41) is 2.98. The van der Waals surface area contributed by atoms with Gasteiger partial charge in [-0.1, -0.05) is 26.0 Å². The Morgan fingerprint density at radius 1 is 1.04 bits per heavy atom. The molecule has 1 amide bonds. The first-order chi connectivity index (χ1) is 11.7. The highest BCUT2D eigenvalue weighted by Gasteiger charge is 2.16. The van der Waals surface area contributed by atoms with E-state index in [4.69, 9.17) is 0 Å². The van der Waals surface area contributed by atoms with E-state index in [1.807, 2.05) is 36.4 Å². The second-order valence-electron chi connectivity index (χ2n) is 6.72. The summed E-state index contributed by atoms with van der Waals surface area (Å²) in [5.74, 6) is 0.774. The monoisotopic (exact) mass is 322 g/mol. The molecule has 0 unspecified atom stereocenters. The second-order valence-corrected chi connectivity index (χ2v) is 6.72. The highest BCUT2D eigenvalue weighted by Crippen LogP contribution is 2.24. The molecule has 0 bridgehead atoms. The van der Waals surface area contributed by atoms with E-state index in [9.17, 15) is 4.79 Å². The molecule has 0 spiro atoms. The van der Waals surface area contributed by atoms with Crippen LogP contribution in [0.25, 0.3) is 0 Å². The van der Waals surface area contributed by atoms with Crippen LogP contribution < -0.4 is 10.2 Å². The molecule has 24 heavy (non-hydrogen) atoms. The van der Waals surface area contributed by atoms with E-state index in [1.165, 1.54) is 24.1 Å². The molecule has 1 saturated heterocycles. The Hall–Kier alpha value is -2.29. The van der Waals surface area contributed by atoms with Crippen molar-refractivity contribution in [3.05, 3.63) is 59.7 Å². The molecule has 0 saturated carbocycles. The van der Waals surface area contributed by atoms with Crippen LogP contribution in [-0.4, -0.2) is 19.0 Å². The number of benzene rings is 2. The summed E-state index contributed by atoms with van der Waals surface area (Å²) >= 11 is 0. The van der Waals surface area contributed by atoms with Crippen molar-refractivity contribution >= 4 is 17.3 Å². The Morgan fingerprint density at radius 2 is 1.67 bits per heavy atom. The summed E-state index contributed by atoms with van der Waals surface area (Å²) in [4.78, 5) is 14.7. The molecule has 0 aromatic heterocycles. The number of amides is 1. The lowest BCUT2D eigenvalue weighted by Gasteiger charge is -2.32. The first kappa shape index (κ1) is 16.6. The molecular formula is C21H26N2O. The standard InChI is InChI=1S/C21H26N2O/c1-3-17-4-6-18(7-5-17)21(24)22-19-8-10-20(11-9-19)23-14-12-16(2)13-15-23/h4-11,16H,3,12-15H2,1-2H3,(H,22,24). The van der Waals surface area contributed by atoms with Crippen LogP contribution in [0.1, 0.15) is 42.6 Å². The average Bonchev–Trinajstić information content (AvgIpc) is 2.63. The number of carbonyl (C=O) groups is 1. The van der Waals surface area contributed by atoms with Crippen molar-refractivity contribution in [2.75, 3.05) is 23.3 Å². The first-order valence-corrected chi connectivity index (χ1v) is 8.91. The Kier molecular flexibility index (Phi) is 5.19. The highest BCUT2D eigenvalue weighted by molar-refractivity contribution is 6.04. The lowest BCUT2D eigenvalue weighted by Crippen LogP contribution is -2.32. The molecule has 126 valence electrons. The summed E-state index contributed by atoms with van der Waals surface area (Å²) in [6.07, 6.45) is 3.50. The maximum absolute atomic E-state index is 12.3. The average molecular weight is 322 g/mol. The molecule has 1 aliphatic heterocycles. The number of piperidine rings is 1. The van der Waals surface area contributed by atoms with Crippen molar-refractivity contribution in [3.63, 3.8) is 0 Å². The van der Waals surface area contributed by atoms with E-state index < -0.39 is 0 Å². The molecule has 0 aliphatic carbocycles. The van der Waals surface area contributed by atoms with Gasteiger partial charge < -0.3 is 10.2 Å². The third-order valence-corrected chi connectivity index (χ3v) is 4.90. The third-order valence-electron chi connectivity index (χ3n) is 4.90. The van der Waals surface area contributed by atoms with Crippen molar-refractivity contribution < 1.29 is 4.79 Å². The van der Waals surface area contributed by atoms with Gasteiger partial charge in [0.15, 0.2) is 0 Å². The SMILES string of the molecule is CCc1ccc(C(=O)Nc2ccc(N3CCC(C)CC3)cc2)cc1. The van der Waals surface area contributed by atoms with Gasteiger partial charge in [0, 0.05) is 30.0 Å². The number of carbonyl (C=O) groups excluding carboxylic acids is 1. The van der Waals surface area contributed by atoms with Gasteiger partial charge in [-0.05, 0) is 67.1 Å². The Morgan fingerprint density at radius 3 is 2.25 bits per heavy atom. The van der Waals surface area contributed by atoms with Crippen molar-refractivity contribution in [3.8, 4) is 0 Å². The van der Waals surface area contributed by atoms with Gasteiger partial charge >= 0.3 is 0 Å². The van der Waals surface area contributed by atoms with Crippen molar-refractivity contribution in [1.82, 2.24) is 0 Å². The fourth-order valence-corrected chi connectivity index (χ4v) is 3.12. The maximum Gasteiger partial charge on any atom is 0.255 e. The van der Waals surface area contributed by atoms with Crippen LogP contribution >= 0.6 is 0 Å². The van der Waals surface area contributed by atoms with E-state index >= 15 is 0 Å². The summed E-state index contributed by atoms with van der Waals surface area (Å²) in [6, 6.07) is 16.0. The Balaban J connectivity index is 1.62. The van der Waals surface area contributed by atoms with Crippen molar-refractivity contribution in [1.29, 1.82) is 0 Å². The van der Waals surface area contributed by atoms with E-state index in [1.54, 1.807) is 0 Å². The molecule has 3 heteroatoms. The van der Waals surface area contributed by atoms with Gasteiger partial charge in [0.1, 0.15) is 0 Å². The molecule has 1 N–H and O–H groups in total. The number of rotatable bonds is 4. The molecule has 0 radical (unpaired) electrons. The van der Waals surface area contributed by atoms with Crippen LogP contribution in [0.2, 0.25) is 0 Å². The van der Waals surface area contributed by atoms with E-state index in [0.717, 1.165) is 31.1 Å². The lowest BCUT2D eigenvalue weighted by atomic mass is 9.99. The molecule has 3 rings (SSSR count). The first-order valence-electron chi connectivity index (χ1n) is 8.91. The Bertz CT molecular complexity index is 668. The van der Waals surface area contributed by atoms with Gasteiger partial charge in [-0.2, -0.15) is 0 Å². The zero-order valence-corrected chi connectivity index (χ0v) is 14.6. The summed E-state index contributed by atoms with van der Waals surface area (Å²) in [7, 11) is 0. The second kappa shape index (κ2) is 7.52. The summed E-state index contributed by atoms with van der Waals surface area (Å²) in [5.41, 5.74) is 4.02. The third kappa shape index (κ3) is 3.97. The number of aryl methyl sites for hydroxylation is 1. The lowest BCUT2D eigenvalue weighted by molar-refractivity contribution is 0.102. The van der Waals surface area contributed by atoms with Crippen molar-refractivity contribution in [2.45, 2.75) is 33.1 Å². The van der Waals surface area contributed by atoms with Crippen molar-refractivity contribution in [2.24, 2.45) is 5.92 Å². The summed E-state index contributed by atoms with van der Waals surface area (Å²) < 4.78 is 0. The highest BCUT2D eigenvalue weighted by atomic mass is 16.1. The minimum atomic E-state index is -0.0581. The van der Waals surface area contributed by atoms with Crippen LogP contribution in [0.4, 0.5) is 11.4 Å². The Labute approximate surface area is 144 Å². The number of anilines is 2. The molecular weight excluding hydrogens is 296 g/mol. The predicted molar refractivity (Wildman–Crippen MR) is 101 cm³/mol. The molecule has 1 heterocycles. The minimum Gasteiger partial charge on any atom is -0.372 e. The van der Waals surface area contributed by atoms with Gasteiger partial charge in [0.25, 0.3) is 5.91 Å². The normalized spacial score (nSPS) is 15.3. The van der Waals surface area contributed by atoms with Crippen LogP contribution in [0.5, 0.6) is 0 Å². The number of hydrogen-bond donors (Lipinski definition) is 1. The van der Waals surface area contributed by atoms with Crippen LogP contribution in [0, 0.1) is 5.92 Å². The minimum absolute atomic E-state index is 0.0581. The van der Waals surface area contributed by atoms with E-state index in [2.05, 4.69) is 36.2 Å². The van der Waals surface area contributed by atoms with E-state index in [0.29, 0.717) is 5.56 Å². The number of hydrogen-bond acceptors (Lipinski definition) is 2. The van der Waals surface area contributed by atoms with E-state index in [-0.39, 0.29) is 5.91 Å². The van der Waals surface area contributed by atoms with Crippen LogP contribution in [0.15, 0.2) is 48.5 Å². The predicted octanol–water partition coefficient (Wildman–Crippen LogP) is 4.74. The van der Waals surface area contributed by atoms with Gasteiger partial charge in [-0.15, -0.1) is 0 Å². The molecule has 2 aromatic rings. The molecule has 1 aliphatic rings. The van der Waals surface area contributed by atoms with Crippen LogP contribution in [0.3, 0.4) is 0 Å². The van der Waals surface area contributed by atoms with Crippen LogP contribution in [-0.2, 0) is 6.42 Å². The fourth-order valence-electron chi connectivity index (χ4n) is 3.12. The van der Waals surface area contributed by atoms with Gasteiger partial charge in [-0.3, -0.25) is 4.79 Å².